The molecule has 340 valence electrons. The molecule has 0 saturated heterocycles. The van der Waals surface area contributed by atoms with Crippen LogP contribution in [0.4, 0.5) is 0 Å². The zero-order chi connectivity index (χ0) is 48.2. The van der Waals surface area contributed by atoms with Gasteiger partial charge < -0.3 is 4.42 Å². The van der Waals surface area contributed by atoms with Crippen LogP contribution >= 0.6 is 0 Å². The van der Waals surface area contributed by atoms with Gasteiger partial charge >= 0.3 is 0 Å². The average molecular weight is 927 g/mol. The second-order valence-electron chi connectivity index (χ2n) is 19.2. The summed E-state index contributed by atoms with van der Waals surface area (Å²) in [5, 5.41) is 10.0. The minimum absolute atomic E-state index is 0.914. The Morgan fingerprint density at radius 1 is 0.164 bits per heavy atom. The summed E-state index contributed by atoms with van der Waals surface area (Å²) in [5.41, 5.74) is 20.8. The van der Waals surface area contributed by atoms with Crippen LogP contribution in [0.3, 0.4) is 0 Å². The monoisotopic (exact) mass is 926 g/mol. The van der Waals surface area contributed by atoms with E-state index >= 15 is 0 Å². The Labute approximate surface area is 424 Å². The second kappa shape index (κ2) is 17.7. The first-order valence-electron chi connectivity index (χ1n) is 25.1. The molecule has 0 saturated carbocycles. The summed E-state index contributed by atoms with van der Waals surface area (Å²) >= 11 is 0. The maximum Gasteiger partial charge on any atom is 0.143 e. The van der Waals surface area contributed by atoms with Gasteiger partial charge in [-0.3, -0.25) is 0 Å². The summed E-state index contributed by atoms with van der Waals surface area (Å²) in [4.78, 5) is 0. The molecule has 1 nitrogen and oxygen atoms in total. The fraction of sp³-hybridized carbons (Fsp3) is 0. The lowest BCUT2D eigenvalue weighted by molar-refractivity contribution is 0.670. The summed E-state index contributed by atoms with van der Waals surface area (Å²) in [6.45, 7) is 0. The molecule has 0 aliphatic carbocycles. The highest BCUT2D eigenvalue weighted by Gasteiger charge is 2.15. The van der Waals surface area contributed by atoms with Crippen molar-refractivity contribution in [3.05, 3.63) is 279 Å². The molecule has 0 spiro atoms. The molecule has 0 aliphatic heterocycles. The maximum atomic E-state index is 6.39. The minimum Gasteiger partial charge on any atom is -0.455 e. The van der Waals surface area contributed by atoms with Crippen molar-refractivity contribution in [1.29, 1.82) is 0 Å². The zero-order valence-electron chi connectivity index (χ0n) is 40.0. The largest absolute Gasteiger partial charge is 0.455 e. The first-order chi connectivity index (χ1) is 36.1. The van der Waals surface area contributed by atoms with Gasteiger partial charge in [-0.05, 0) is 158 Å². The number of hydrogen-bond donors (Lipinski definition) is 0. The van der Waals surface area contributed by atoms with Crippen molar-refractivity contribution in [3.8, 4) is 89.0 Å². The van der Waals surface area contributed by atoms with Crippen LogP contribution in [0.1, 0.15) is 0 Å². The molecule has 0 aliphatic rings. The topological polar surface area (TPSA) is 13.1 Å². The van der Waals surface area contributed by atoms with E-state index in [4.69, 9.17) is 4.42 Å². The highest BCUT2D eigenvalue weighted by molar-refractivity contribution is 6.25. The fourth-order valence-corrected chi connectivity index (χ4v) is 11.2. The molecule has 1 heteroatoms. The van der Waals surface area contributed by atoms with Gasteiger partial charge in [0.2, 0.25) is 0 Å². The molecule has 0 unspecified atom stereocenters. The Kier molecular flexibility index (Phi) is 10.3. The summed E-state index contributed by atoms with van der Waals surface area (Å²) in [7, 11) is 0. The lowest BCUT2D eigenvalue weighted by Gasteiger charge is -2.13. The molecular weight excluding hydrogens is 881 g/mol. The molecule has 0 amide bonds. The van der Waals surface area contributed by atoms with Crippen LogP contribution in [0.2, 0.25) is 0 Å². The SMILES string of the molecule is c1cc(-c2ccc(-c3cccc(-c4cccc(-c5ccc6c7ccccc7c7ccccc7c6c5)c4)c3)cc2)cc(-c2cccc(-c3ccc(-c4cccc(-c5cccc6c5oc5ccccc56)c4)cc3)c2)c1. The van der Waals surface area contributed by atoms with Crippen molar-refractivity contribution in [2.45, 2.75) is 0 Å². The van der Waals surface area contributed by atoms with Gasteiger partial charge in [-0.2, -0.15) is 0 Å². The molecule has 0 radical (unpaired) electrons. The third-order valence-corrected chi connectivity index (χ3v) is 14.9. The number of para-hydroxylation sites is 2. The number of hydrogen-bond acceptors (Lipinski definition) is 1. The summed E-state index contributed by atoms with van der Waals surface area (Å²) < 4.78 is 6.39. The molecule has 0 bridgehead atoms. The smallest absolute Gasteiger partial charge is 0.143 e. The average Bonchev–Trinajstić information content (AvgIpc) is 3.87. The molecule has 0 fully saturated rings. The van der Waals surface area contributed by atoms with E-state index in [1.54, 1.807) is 0 Å². The van der Waals surface area contributed by atoms with Crippen molar-refractivity contribution in [2.75, 3.05) is 0 Å². The van der Waals surface area contributed by atoms with Gasteiger partial charge in [0.05, 0.1) is 0 Å². The summed E-state index contributed by atoms with van der Waals surface area (Å²) in [5.74, 6) is 0. The van der Waals surface area contributed by atoms with Gasteiger partial charge in [0, 0.05) is 16.3 Å². The first kappa shape index (κ1) is 42.3. The maximum absolute atomic E-state index is 6.39. The van der Waals surface area contributed by atoms with E-state index in [-0.39, 0.29) is 0 Å². The van der Waals surface area contributed by atoms with Crippen molar-refractivity contribution >= 4 is 54.3 Å². The molecule has 1 aromatic heterocycles. The van der Waals surface area contributed by atoms with Crippen LogP contribution in [0.25, 0.3) is 143 Å². The predicted molar refractivity (Wildman–Crippen MR) is 310 cm³/mol. The highest BCUT2D eigenvalue weighted by atomic mass is 16.3. The Morgan fingerprint density at radius 2 is 0.452 bits per heavy atom. The Bertz CT molecular complexity index is 4380. The molecule has 0 N–H and O–H groups in total. The van der Waals surface area contributed by atoms with Crippen LogP contribution in [0.15, 0.2) is 283 Å². The van der Waals surface area contributed by atoms with Crippen LogP contribution in [-0.4, -0.2) is 0 Å². The second-order valence-corrected chi connectivity index (χ2v) is 19.2. The predicted octanol–water partition coefficient (Wildman–Crippen LogP) is 20.4. The van der Waals surface area contributed by atoms with Gasteiger partial charge in [0.1, 0.15) is 11.2 Å². The quantitative estimate of drug-likeness (QED) is 0.138. The third-order valence-electron chi connectivity index (χ3n) is 14.9. The van der Waals surface area contributed by atoms with Gasteiger partial charge in [0.15, 0.2) is 0 Å². The van der Waals surface area contributed by atoms with Crippen molar-refractivity contribution in [3.63, 3.8) is 0 Å². The van der Waals surface area contributed by atoms with Gasteiger partial charge in [-0.25, -0.2) is 0 Å². The van der Waals surface area contributed by atoms with Crippen molar-refractivity contribution in [2.24, 2.45) is 0 Å². The minimum atomic E-state index is 0.914. The van der Waals surface area contributed by atoms with E-state index < -0.39 is 0 Å². The number of furan rings is 1. The standard InChI is InChI=1S/C72H46O/c1-2-25-65-63(23-1)64-24-3-4-26-66(64)70-46-60(39-40-67(65)70)59-21-10-20-58(44-59)57-19-9-15-53(43-57)48-33-31-47(32-34-48)51-13-7-17-55(41-51)56-18-8-14-52(42-56)49-35-37-50(38-36-49)54-16-11-22-61(45-54)62-28-12-29-69-68-27-5-6-30-71(68)73-72(62)69/h1-46H. The van der Waals surface area contributed by atoms with Gasteiger partial charge in [-0.1, -0.05) is 237 Å². The fourth-order valence-electron chi connectivity index (χ4n) is 11.2. The van der Waals surface area contributed by atoms with Crippen LogP contribution in [-0.2, 0) is 0 Å². The lowest BCUT2D eigenvalue weighted by Crippen LogP contribution is -1.86. The first-order valence-corrected chi connectivity index (χ1v) is 25.1. The Hall–Kier alpha value is -9.56. The Balaban J connectivity index is 0.695. The number of benzene rings is 13. The van der Waals surface area contributed by atoms with E-state index in [0.29, 0.717) is 0 Å². The third kappa shape index (κ3) is 7.67. The molecular formula is C72H46O. The molecule has 1 heterocycles. The summed E-state index contributed by atoms with van der Waals surface area (Å²) in [6.07, 6.45) is 0. The number of rotatable bonds is 8. The van der Waals surface area contributed by atoms with Crippen LogP contribution in [0.5, 0.6) is 0 Å². The van der Waals surface area contributed by atoms with Gasteiger partial charge in [0.25, 0.3) is 0 Å². The van der Waals surface area contributed by atoms with E-state index in [1.165, 1.54) is 110 Å². The number of fused-ring (bicyclic) bond motifs is 9. The van der Waals surface area contributed by atoms with Crippen molar-refractivity contribution < 1.29 is 4.42 Å². The van der Waals surface area contributed by atoms with Crippen LogP contribution < -0.4 is 0 Å². The molecule has 0 atom stereocenters. The Morgan fingerprint density at radius 3 is 0.890 bits per heavy atom. The zero-order valence-corrected chi connectivity index (χ0v) is 40.0. The highest BCUT2D eigenvalue weighted by Crippen LogP contribution is 2.40. The summed E-state index contributed by atoms with van der Waals surface area (Å²) in [6, 6.07) is 102. The van der Waals surface area contributed by atoms with E-state index in [0.717, 1.165) is 33.1 Å². The van der Waals surface area contributed by atoms with E-state index in [2.05, 4.69) is 267 Å². The lowest BCUT2D eigenvalue weighted by atomic mass is 9.91. The molecule has 13 aromatic carbocycles. The van der Waals surface area contributed by atoms with Crippen LogP contribution in [0, 0.1) is 0 Å². The van der Waals surface area contributed by atoms with E-state index in [1.807, 2.05) is 12.1 Å². The van der Waals surface area contributed by atoms with Gasteiger partial charge in [-0.15, -0.1) is 0 Å². The van der Waals surface area contributed by atoms with E-state index in [9.17, 15) is 0 Å². The normalized spacial score (nSPS) is 11.6. The van der Waals surface area contributed by atoms with Crippen molar-refractivity contribution in [1.82, 2.24) is 0 Å². The molecule has 14 aromatic rings. The molecule has 73 heavy (non-hydrogen) atoms. The molecule has 14 rings (SSSR count).